The first-order valence-electron chi connectivity index (χ1n) is 13.0. The zero-order valence-electron chi connectivity index (χ0n) is 24.4. The van der Waals surface area contributed by atoms with Crippen LogP contribution in [0.25, 0.3) is 0 Å². The van der Waals surface area contributed by atoms with Crippen LogP contribution in [0.5, 0.6) is 0 Å². The average molecular weight is 531 g/mol. The van der Waals surface area contributed by atoms with Crippen molar-refractivity contribution >= 4 is 20.2 Å². The van der Waals surface area contributed by atoms with Gasteiger partial charge in [0.1, 0.15) is 0 Å². The molecule has 0 heterocycles. The normalized spacial score (nSPS) is 11.7. The summed E-state index contributed by atoms with van der Waals surface area (Å²) in [5, 5.41) is 0. The predicted molar refractivity (Wildman–Crippen MR) is 135 cm³/mol. The fourth-order valence-electron chi connectivity index (χ4n) is 3.76. The molecular formula is C24H52Na2O5S2. The van der Waals surface area contributed by atoms with E-state index in [-0.39, 0.29) is 73.5 Å². The molecule has 0 saturated carbocycles. The molecule has 0 fully saturated rings. The van der Waals surface area contributed by atoms with Crippen molar-refractivity contribution in [2.24, 2.45) is 0 Å². The quantitative estimate of drug-likeness (QED) is 0.140. The molecular weight excluding hydrogens is 478 g/mol. The van der Waals surface area contributed by atoms with Crippen molar-refractivity contribution in [2.45, 2.75) is 142 Å². The number of unbranched alkanes of at least 4 members (excludes halogenated alkanes) is 18. The minimum absolute atomic E-state index is 0. The van der Waals surface area contributed by atoms with Crippen LogP contribution in [0.4, 0.5) is 0 Å². The Kier molecular flexibility index (Phi) is 32.1. The molecule has 0 aliphatic rings. The van der Waals surface area contributed by atoms with Gasteiger partial charge in [-0.1, -0.05) is 129 Å². The van der Waals surface area contributed by atoms with Gasteiger partial charge in [-0.15, -0.1) is 3.63 Å². The summed E-state index contributed by atoms with van der Waals surface area (Å²) < 4.78 is 52.4. The first kappa shape index (κ1) is 39.4. The van der Waals surface area contributed by atoms with Crippen molar-refractivity contribution in [3.63, 3.8) is 0 Å². The van der Waals surface area contributed by atoms with E-state index >= 15 is 0 Å². The maximum Gasteiger partial charge on any atom is 1.00 e. The van der Waals surface area contributed by atoms with E-state index in [9.17, 15) is 16.8 Å². The zero-order chi connectivity index (χ0) is 23.3. The van der Waals surface area contributed by atoms with Crippen LogP contribution in [0, 0.1) is 0 Å². The molecule has 0 unspecified atom stereocenters. The summed E-state index contributed by atoms with van der Waals surface area (Å²) in [7, 11) is -7.99. The Balaban J connectivity index is -0.000000750. The first-order chi connectivity index (χ1) is 14.8. The molecule has 0 N–H and O–H groups in total. The Morgan fingerprint density at radius 2 is 0.636 bits per heavy atom. The second kappa shape index (κ2) is 26.9. The molecule has 0 aromatic heterocycles. The van der Waals surface area contributed by atoms with Gasteiger partial charge >= 0.3 is 59.1 Å². The first-order valence-corrected chi connectivity index (χ1v) is 16.1. The molecule has 0 saturated heterocycles. The molecule has 9 heteroatoms. The van der Waals surface area contributed by atoms with Gasteiger partial charge in [0.2, 0.25) is 0 Å². The molecule has 0 rings (SSSR count). The predicted octanol–water partition coefficient (Wildman–Crippen LogP) is 1.74. The number of rotatable bonds is 24. The molecule has 0 aliphatic carbocycles. The van der Waals surface area contributed by atoms with Crippen LogP contribution in [-0.4, -0.2) is 28.3 Å². The van der Waals surface area contributed by atoms with Crippen LogP contribution in [0.15, 0.2) is 0 Å². The van der Waals surface area contributed by atoms with Gasteiger partial charge in [0.25, 0.3) is 20.2 Å². The van der Waals surface area contributed by atoms with Gasteiger partial charge in [-0.05, 0) is 12.8 Å². The van der Waals surface area contributed by atoms with Crippen LogP contribution in [-0.2, 0) is 23.9 Å². The van der Waals surface area contributed by atoms with Gasteiger partial charge in [0.15, 0.2) is 0 Å². The second-order valence-corrected chi connectivity index (χ2v) is 12.5. The van der Waals surface area contributed by atoms with Gasteiger partial charge in [-0.2, -0.15) is 16.8 Å². The number of hydrogen-bond acceptors (Lipinski definition) is 5. The summed E-state index contributed by atoms with van der Waals surface area (Å²) in [6.45, 7) is 4.42. The van der Waals surface area contributed by atoms with Crippen LogP contribution in [0.3, 0.4) is 0 Å². The summed E-state index contributed by atoms with van der Waals surface area (Å²) in [5.41, 5.74) is 0. The summed E-state index contributed by atoms with van der Waals surface area (Å²) in [6, 6.07) is 0. The fourth-order valence-corrected chi connectivity index (χ4v) is 6.68. The van der Waals surface area contributed by atoms with E-state index in [4.69, 9.17) is 0 Å². The summed E-state index contributed by atoms with van der Waals surface area (Å²) in [5.74, 6) is -0.415. The third-order valence-electron chi connectivity index (χ3n) is 5.70. The molecule has 0 spiro atoms. The fraction of sp³-hybridized carbons (Fsp3) is 1.00. The smallest absolute Gasteiger partial charge is 1.00 e. The Labute approximate surface area is 254 Å². The van der Waals surface area contributed by atoms with Gasteiger partial charge < -0.3 is 2.85 Å². The van der Waals surface area contributed by atoms with E-state index in [1.807, 2.05) is 0 Å². The van der Waals surface area contributed by atoms with Crippen molar-refractivity contribution in [3.8, 4) is 0 Å². The largest absolute Gasteiger partial charge is 1.00 e. The second-order valence-electron chi connectivity index (χ2n) is 8.96. The van der Waals surface area contributed by atoms with Crippen molar-refractivity contribution in [2.75, 3.05) is 11.5 Å². The summed E-state index contributed by atoms with van der Waals surface area (Å²) in [4.78, 5) is 0. The van der Waals surface area contributed by atoms with Gasteiger partial charge in [0, 0.05) is 0 Å². The minimum Gasteiger partial charge on any atom is -1.00 e. The van der Waals surface area contributed by atoms with Crippen molar-refractivity contribution < 1.29 is 82.4 Å². The van der Waals surface area contributed by atoms with E-state index in [0.29, 0.717) is 12.8 Å². The topological polar surface area (TPSA) is 77.5 Å². The third-order valence-corrected chi connectivity index (χ3v) is 8.94. The minimum atomic E-state index is -4.00. The number of hydrogen-bond donors (Lipinski definition) is 0. The molecule has 0 bridgehead atoms. The SMILES string of the molecule is CCCCCCCCCCCCS(=O)(=O)OS(=O)(=O)CCCCCCCCCCCC.[H-].[H-].[Na+].[Na+]. The van der Waals surface area contributed by atoms with Crippen molar-refractivity contribution in [3.05, 3.63) is 0 Å². The third kappa shape index (κ3) is 30.0. The van der Waals surface area contributed by atoms with E-state index in [1.54, 1.807) is 0 Å². The van der Waals surface area contributed by atoms with Gasteiger partial charge in [-0.3, -0.25) is 0 Å². The molecule has 0 aromatic carbocycles. The zero-order valence-corrected chi connectivity index (χ0v) is 28.0. The standard InChI is InChI=1S/C24H50O5S2.2Na.2H/c1-3-5-7-9-11-13-15-17-19-21-23-30(25,26)29-31(27,28)24-22-20-18-16-14-12-10-8-6-4-2;;;;/h3-24H2,1-2H3;;;;/q;2*+1;2*-1. The van der Waals surface area contributed by atoms with E-state index in [0.717, 1.165) is 38.5 Å². The van der Waals surface area contributed by atoms with Crippen LogP contribution < -0.4 is 59.1 Å². The van der Waals surface area contributed by atoms with Crippen molar-refractivity contribution in [1.29, 1.82) is 0 Å². The molecule has 5 nitrogen and oxygen atoms in total. The molecule has 192 valence electrons. The Morgan fingerprint density at radius 1 is 0.424 bits per heavy atom. The molecule has 0 aliphatic heterocycles. The Morgan fingerprint density at radius 3 is 0.879 bits per heavy atom. The summed E-state index contributed by atoms with van der Waals surface area (Å²) >= 11 is 0. The van der Waals surface area contributed by atoms with Crippen LogP contribution in [0.1, 0.15) is 145 Å². The van der Waals surface area contributed by atoms with Crippen LogP contribution in [0.2, 0.25) is 0 Å². The average Bonchev–Trinajstić information content (AvgIpc) is 2.70. The summed E-state index contributed by atoms with van der Waals surface area (Å²) in [6.07, 6.45) is 21.9. The van der Waals surface area contributed by atoms with E-state index < -0.39 is 20.2 Å². The maximum absolute atomic E-state index is 12.0. The van der Waals surface area contributed by atoms with Crippen LogP contribution >= 0.6 is 0 Å². The Hall–Kier alpha value is 1.86. The van der Waals surface area contributed by atoms with Gasteiger partial charge in [0.05, 0.1) is 11.5 Å². The maximum atomic E-state index is 12.0. The monoisotopic (exact) mass is 530 g/mol. The molecule has 33 heavy (non-hydrogen) atoms. The molecule has 0 amide bonds. The molecule has 0 aromatic rings. The molecule has 0 radical (unpaired) electrons. The Bertz CT molecular complexity index is 555. The van der Waals surface area contributed by atoms with Gasteiger partial charge in [-0.25, -0.2) is 0 Å². The van der Waals surface area contributed by atoms with E-state index in [2.05, 4.69) is 17.5 Å². The van der Waals surface area contributed by atoms with E-state index in [1.165, 1.54) is 77.0 Å². The van der Waals surface area contributed by atoms with Crippen molar-refractivity contribution in [1.82, 2.24) is 0 Å². The molecule has 0 atom stereocenters.